The molecular formula is C10H18N2. The minimum absolute atomic E-state index is 0.912. The SMILES string of the molecule is C=CN=CCCCC/C=C(/C)N. The molecule has 0 radical (unpaired) electrons. The van der Waals surface area contributed by atoms with Gasteiger partial charge in [0.25, 0.3) is 0 Å². The summed E-state index contributed by atoms with van der Waals surface area (Å²) in [6.45, 7) is 5.41. The molecule has 0 bridgehead atoms. The number of aliphatic imine (C=N–C) groups is 1. The molecule has 0 aromatic carbocycles. The first-order valence-corrected chi connectivity index (χ1v) is 4.32. The molecule has 68 valence electrons. The fraction of sp³-hybridized carbons (Fsp3) is 0.500. The zero-order valence-corrected chi connectivity index (χ0v) is 7.79. The summed E-state index contributed by atoms with van der Waals surface area (Å²) < 4.78 is 0. The van der Waals surface area contributed by atoms with E-state index in [9.17, 15) is 0 Å². The molecule has 0 saturated heterocycles. The highest BCUT2D eigenvalue weighted by Crippen LogP contribution is 2.00. The van der Waals surface area contributed by atoms with Crippen LogP contribution in [0.25, 0.3) is 0 Å². The Balaban J connectivity index is 3.16. The van der Waals surface area contributed by atoms with Crippen LogP contribution in [0.4, 0.5) is 0 Å². The Kier molecular flexibility index (Phi) is 7.35. The van der Waals surface area contributed by atoms with Gasteiger partial charge in [0, 0.05) is 18.1 Å². The summed E-state index contributed by atoms with van der Waals surface area (Å²) in [4.78, 5) is 3.90. The smallest absolute Gasteiger partial charge is 0.0191 e. The Morgan fingerprint density at radius 2 is 2.08 bits per heavy atom. The van der Waals surface area contributed by atoms with Gasteiger partial charge >= 0.3 is 0 Å². The molecule has 0 aromatic rings. The molecule has 0 aromatic heterocycles. The molecule has 2 N–H and O–H groups in total. The van der Waals surface area contributed by atoms with Crippen molar-refractivity contribution in [2.24, 2.45) is 10.7 Å². The van der Waals surface area contributed by atoms with Gasteiger partial charge in [0.15, 0.2) is 0 Å². The molecule has 0 unspecified atom stereocenters. The van der Waals surface area contributed by atoms with Crippen molar-refractivity contribution in [3.05, 3.63) is 24.6 Å². The molecule has 0 saturated carbocycles. The van der Waals surface area contributed by atoms with Crippen LogP contribution in [-0.2, 0) is 0 Å². The van der Waals surface area contributed by atoms with Crippen molar-refractivity contribution < 1.29 is 0 Å². The quantitative estimate of drug-likeness (QED) is 0.478. The van der Waals surface area contributed by atoms with Gasteiger partial charge in [-0.2, -0.15) is 0 Å². The van der Waals surface area contributed by atoms with E-state index in [1.807, 2.05) is 13.1 Å². The summed E-state index contributed by atoms with van der Waals surface area (Å²) in [5.74, 6) is 0. The van der Waals surface area contributed by atoms with Gasteiger partial charge in [-0.05, 0) is 32.6 Å². The molecule has 0 spiro atoms. The zero-order chi connectivity index (χ0) is 9.23. The zero-order valence-electron chi connectivity index (χ0n) is 7.79. The second kappa shape index (κ2) is 8.05. The standard InChI is InChI=1S/C10H18N2/c1-3-12-9-7-5-4-6-8-10(2)11/h3,8-9H,1,4-7,11H2,2H3/b10-8-,12-9?. The predicted molar refractivity (Wildman–Crippen MR) is 55.1 cm³/mol. The van der Waals surface area contributed by atoms with Crippen LogP contribution in [0.3, 0.4) is 0 Å². The molecule has 12 heavy (non-hydrogen) atoms. The third kappa shape index (κ3) is 8.95. The minimum atomic E-state index is 0.912. The van der Waals surface area contributed by atoms with Crippen LogP contribution < -0.4 is 5.73 Å². The number of nitrogens with zero attached hydrogens (tertiary/aromatic N) is 1. The summed E-state index contributed by atoms with van der Waals surface area (Å²) in [5.41, 5.74) is 6.39. The first-order valence-electron chi connectivity index (χ1n) is 4.32. The summed E-state index contributed by atoms with van der Waals surface area (Å²) in [7, 11) is 0. The van der Waals surface area contributed by atoms with E-state index < -0.39 is 0 Å². The molecule has 2 heteroatoms. The normalized spacial score (nSPS) is 12.2. The maximum Gasteiger partial charge on any atom is 0.0191 e. The van der Waals surface area contributed by atoms with E-state index in [4.69, 9.17) is 5.73 Å². The maximum atomic E-state index is 5.48. The minimum Gasteiger partial charge on any atom is -0.403 e. The molecule has 0 atom stereocenters. The third-order valence-corrected chi connectivity index (χ3v) is 1.46. The molecule has 0 rings (SSSR count). The lowest BCUT2D eigenvalue weighted by Gasteiger charge is -1.93. The second-order valence-corrected chi connectivity index (χ2v) is 2.75. The molecule has 0 aliphatic heterocycles. The number of rotatable bonds is 6. The highest BCUT2D eigenvalue weighted by molar-refractivity contribution is 5.57. The van der Waals surface area contributed by atoms with Crippen molar-refractivity contribution in [2.75, 3.05) is 0 Å². The maximum absolute atomic E-state index is 5.48. The van der Waals surface area contributed by atoms with Crippen molar-refractivity contribution >= 4 is 6.21 Å². The molecule has 0 amide bonds. The van der Waals surface area contributed by atoms with Crippen LogP contribution in [0.15, 0.2) is 29.5 Å². The third-order valence-electron chi connectivity index (χ3n) is 1.46. The van der Waals surface area contributed by atoms with E-state index in [1.54, 1.807) is 6.20 Å². The molecule has 0 aliphatic carbocycles. The number of hydrogen-bond acceptors (Lipinski definition) is 2. The van der Waals surface area contributed by atoms with Crippen LogP contribution in [0.2, 0.25) is 0 Å². The summed E-state index contributed by atoms with van der Waals surface area (Å²) >= 11 is 0. The fourth-order valence-corrected chi connectivity index (χ4v) is 0.859. The Morgan fingerprint density at radius 3 is 2.67 bits per heavy atom. The van der Waals surface area contributed by atoms with Gasteiger partial charge in [0.05, 0.1) is 0 Å². The van der Waals surface area contributed by atoms with Gasteiger partial charge in [0.2, 0.25) is 0 Å². The highest BCUT2D eigenvalue weighted by Gasteiger charge is 1.84. The van der Waals surface area contributed by atoms with Crippen LogP contribution in [0, 0.1) is 0 Å². The monoisotopic (exact) mass is 166 g/mol. The van der Waals surface area contributed by atoms with Crippen LogP contribution in [0.5, 0.6) is 0 Å². The van der Waals surface area contributed by atoms with Gasteiger partial charge < -0.3 is 5.73 Å². The first kappa shape index (κ1) is 11.0. The van der Waals surface area contributed by atoms with Crippen molar-refractivity contribution in [3.63, 3.8) is 0 Å². The van der Waals surface area contributed by atoms with E-state index in [0.29, 0.717) is 0 Å². The van der Waals surface area contributed by atoms with Crippen LogP contribution >= 0.6 is 0 Å². The summed E-state index contributed by atoms with van der Waals surface area (Å²) in [6.07, 6.45) is 9.97. The fourth-order valence-electron chi connectivity index (χ4n) is 0.859. The van der Waals surface area contributed by atoms with Gasteiger partial charge in [-0.1, -0.05) is 12.7 Å². The molecule has 0 heterocycles. The number of hydrogen-bond donors (Lipinski definition) is 1. The van der Waals surface area contributed by atoms with Crippen molar-refractivity contribution in [1.82, 2.24) is 0 Å². The Labute approximate surface area is 74.9 Å². The molecule has 2 nitrogen and oxygen atoms in total. The summed E-state index contributed by atoms with van der Waals surface area (Å²) in [5, 5.41) is 0. The van der Waals surface area contributed by atoms with Gasteiger partial charge in [-0.25, -0.2) is 0 Å². The molecule has 0 aliphatic rings. The van der Waals surface area contributed by atoms with Crippen molar-refractivity contribution in [1.29, 1.82) is 0 Å². The topological polar surface area (TPSA) is 38.4 Å². The number of unbranched alkanes of at least 4 members (excludes halogenated alkanes) is 3. The van der Waals surface area contributed by atoms with Gasteiger partial charge in [-0.15, -0.1) is 0 Å². The predicted octanol–water partition coefficient (Wildman–Crippen LogP) is 2.62. The summed E-state index contributed by atoms with van der Waals surface area (Å²) in [6, 6.07) is 0. The highest BCUT2D eigenvalue weighted by atomic mass is 14.6. The Bertz CT molecular complexity index is 165. The lowest BCUT2D eigenvalue weighted by Crippen LogP contribution is -1.89. The second-order valence-electron chi connectivity index (χ2n) is 2.75. The Morgan fingerprint density at radius 1 is 1.42 bits per heavy atom. The average molecular weight is 166 g/mol. The van der Waals surface area contributed by atoms with E-state index >= 15 is 0 Å². The number of allylic oxidation sites excluding steroid dienone is 2. The van der Waals surface area contributed by atoms with E-state index in [0.717, 1.165) is 18.5 Å². The lowest BCUT2D eigenvalue weighted by molar-refractivity contribution is 0.779. The largest absolute Gasteiger partial charge is 0.403 e. The van der Waals surface area contributed by atoms with E-state index in [2.05, 4.69) is 17.6 Å². The molecular weight excluding hydrogens is 148 g/mol. The lowest BCUT2D eigenvalue weighted by atomic mass is 10.2. The van der Waals surface area contributed by atoms with Crippen LogP contribution in [0.1, 0.15) is 32.6 Å². The van der Waals surface area contributed by atoms with Crippen molar-refractivity contribution in [3.8, 4) is 0 Å². The van der Waals surface area contributed by atoms with E-state index in [1.165, 1.54) is 12.8 Å². The number of nitrogens with two attached hydrogens (primary N) is 1. The van der Waals surface area contributed by atoms with Crippen LogP contribution in [-0.4, -0.2) is 6.21 Å². The van der Waals surface area contributed by atoms with Gasteiger partial charge in [0.1, 0.15) is 0 Å². The first-order chi connectivity index (χ1) is 5.77. The van der Waals surface area contributed by atoms with Gasteiger partial charge in [-0.3, -0.25) is 4.99 Å². The van der Waals surface area contributed by atoms with Crippen molar-refractivity contribution in [2.45, 2.75) is 32.6 Å². The Hall–Kier alpha value is -1.05. The molecule has 0 fully saturated rings. The average Bonchev–Trinajstić information content (AvgIpc) is 2.02. The van der Waals surface area contributed by atoms with E-state index in [-0.39, 0.29) is 0 Å².